The maximum atomic E-state index is 12.9. The minimum absolute atomic E-state index is 0.0829. The van der Waals surface area contributed by atoms with Crippen molar-refractivity contribution in [1.82, 2.24) is 29.4 Å². The summed E-state index contributed by atoms with van der Waals surface area (Å²) in [6.07, 6.45) is 5.28. The lowest BCUT2D eigenvalue weighted by Gasteiger charge is -2.32. The lowest BCUT2D eigenvalue weighted by molar-refractivity contribution is 0.0671. The number of hydrogen-bond acceptors (Lipinski definition) is 4. The number of carbonyl (C=O) groups is 1. The van der Waals surface area contributed by atoms with Crippen molar-refractivity contribution < 1.29 is 4.79 Å². The Balaban J connectivity index is 1.81. The average Bonchev–Trinajstić information content (AvgIpc) is 3.15. The number of nitrogens with zero attached hydrogens (tertiary/aromatic N) is 6. The first kappa shape index (κ1) is 14.7. The number of carbonyl (C=O) groups excluding carboxylic acids is 1. The molecule has 0 N–H and O–H groups in total. The Bertz CT molecular complexity index is 660. The Morgan fingerprint density at radius 1 is 1.41 bits per heavy atom. The molecule has 0 aliphatic carbocycles. The molecule has 0 aromatic carbocycles. The fourth-order valence-electron chi connectivity index (χ4n) is 3.23. The highest BCUT2D eigenvalue weighted by Gasteiger charge is 2.29. The molecule has 1 saturated heterocycles. The van der Waals surface area contributed by atoms with Crippen LogP contribution in [-0.4, -0.2) is 48.4 Å². The van der Waals surface area contributed by atoms with Gasteiger partial charge in [-0.2, -0.15) is 10.2 Å². The largest absolute Gasteiger partial charge is 0.336 e. The lowest BCUT2D eigenvalue weighted by atomic mass is 10.0. The zero-order valence-electron chi connectivity index (χ0n) is 13.4. The Morgan fingerprint density at radius 3 is 2.86 bits per heavy atom. The Morgan fingerprint density at radius 2 is 2.23 bits per heavy atom. The molecule has 118 valence electrons. The van der Waals surface area contributed by atoms with Gasteiger partial charge in [0.1, 0.15) is 12.7 Å². The van der Waals surface area contributed by atoms with Crippen molar-refractivity contribution in [3.8, 4) is 0 Å². The SMILES string of the molecule is CCn1nc(C)c(C(=O)N2CCCC(n3cncn3)C2)c1C. The fraction of sp³-hybridized carbons (Fsp3) is 0.600. The molecular formula is C15H22N6O. The number of aromatic nitrogens is 5. The molecule has 2 aromatic heterocycles. The smallest absolute Gasteiger partial charge is 0.257 e. The number of aryl methyl sites for hydroxylation is 2. The van der Waals surface area contributed by atoms with Crippen LogP contribution in [0.15, 0.2) is 12.7 Å². The number of hydrogen-bond donors (Lipinski definition) is 0. The van der Waals surface area contributed by atoms with Gasteiger partial charge in [0.2, 0.25) is 0 Å². The summed E-state index contributed by atoms with van der Waals surface area (Å²) in [4.78, 5) is 18.8. The van der Waals surface area contributed by atoms with Crippen LogP contribution in [0, 0.1) is 13.8 Å². The summed E-state index contributed by atoms with van der Waals surface area (Å²) in [6.45, 7) is 8.16. The maximum absolute atomic E-state index is 12.9. The summed E-state index contributed by atoms with van der Waals surface area (Å²) < 4.78 is 3.75. The van der Waals surface area contributed by atoms with Crippen LogP contribution in [0.2, 0.25) is 0 Å². The Kier molecular flexibility index (Phi) is 3.96. The third kappa shape index (κ3) is 2.51. The van der Waals surface area contributed by atoms with Gasteiger partial charge in [0.25, 0.3) is 5.91 Å². The average molecular weight is 302 g/mol. The molecule has 1 fully saturated rings. The zero-order chi connectivity index (χ0) is 15.7. The van der Waals surface area contributed by atoms with Gasteiger partial charge in [0, 0.05) is 25.3 Å². The van der Waals surface area contributed by atoms with E-state index in [1.807, 2.05) is 35.0 Å². The highest BCUT2D eigenvalue weighted by atomic mass is 16.2. The third-order valence-corrected chi connectivity index (χ3v) is 4.39. The van der Waals surface area contributed by atoms with Crippen LogP contribution in [0.4, 0.5) is 0 Å². The molecule has 3 heterocycles. The molecule has 1 aliphatic rings. The van der Waals surface area contributed by atoms with Gasteiger partial charge >= 0.3 is 0 Å². The third-order valence-electron chi connectivity index (χ3n) is 4.39. The molecule has 0 bridgehead atoms. The summed E-state index contributed by atoms with van der Waals surface area (Å²) in [5.74, 6) is 0.0829. The van der Waals surface area contributed by atoms with Crippen molar-refractivity contribution in [2.75, 3.05) is 13.1 Å². The van der Waals surface area contributed by atoms with E-state index in [4.69, 9.17) is 0 Å². The van der Waals surface area contributed by atoms with Crippen molar-refractivity contribution in [3.63, 3.8) is 0 Å². The molecule has 1 atom stereocenters. The number of rotatable bonds is 3. The van der Waals surface area contributed by atoms with Crippen molar-refractivity contribution in [2.24, 2.45) is 0 Å². The first-order valence-corrected chi connectivity index (χ1v) is 7.79. The molecule has 1 aliphatic heterocycles. The van der Waals surface area contributed by atoms with E-state index in [0.29, 0.717) is 6.54 Å². The predicted octanol–water partition coefficient (Wildman–Crippen LogP) is 1.59. The van der Waals surface area contributed by atoms with Gasteiger partial charge in [0.05, 0.1) is 17.3 Å². The standard InChI is InChI=1S/C15H22N6O/c1-4-20-12(3)14(11(2)18-20)15(22)19-7-5-6-13(8-19)21-10-16-9-17-21/h9-10,13H,4-8H2,1-3H3. The van der Waals surface area contributed by atoms with E-state index in [-0.39, 0.29) is 11.9 Å². The summed E-state index contributed by atoms with van der Waals surface area (Å²) in [5, 5.41) is 8.67. The first-order valence-electron chi connectivity index (χ1n) is 7.79. The monoisotopic (exact) mass is 302 g/mol. The second kappa shape index (κ2) is 5.90. The van der Waals surface area contributed by atoms with Crippen molar-refractivity contribution in [1.29, 1.82) is 0 Å². The number of likely N-dealkylation sites (tertiary alicyclic amines) is 1. The molecule has 22 heavy (non-hydrogen) atoms. The molecule has 7 nitrogen and oxygen atoms in total. The van der Waals surface area contributed by atoms with E-state index in [9.17, 15) is 4.79 Å². The van der Waals surface area contributed by atoms with E-state index < -0.39 is 0 Å². The van der Waals surface area contributed by atoms with Crippen molar-refractivity contribution >= 4 is 5.91 Å². The topological polar surface area (TPSA) is 68.8 Å². The van der Waals surface area contributed by atoms with Gasteiger partial charge in [0.15, 0.2) is 0 Å². The summed E-state index contributed by atoms with van der Waals surface area (Å²) in [6, 6.07) is 0.210. The van der Waals surface area contributed by atoms with E-state index in [0.717, 1.165) is 42.9 Å². The van der Waals surface area contributed by atoms with Crippen molar-refractivity contribution in [2.45, 2.75) is 46.2 Å². The van der Waals surface area contributed by atoms with E-state index >= 15 is 0 Å². The number of piperidine rings is 1. The Hall–Kier alpha value is -2.18. The van der Waals surface area contributed by atoms with Crippen LogP contribution in [0.5, 0.6) is 0 Å². The minimum Gasteiger partial charge on any atom is -0.336 e. The summed E-state index contributed by atoms with van der Waals surface area (Å²) in [5.41, 5.74) is 2.51. The summed E-state index contributed by atoms with van der Waals surface area (Å²) >= 11 is 0. The van der Waals surface area contributed by atoms with Gasteiger partial charge in [-0.1, -0.05) is 0 Å². The minimum atomic E-state index is 0.0829. The first-order chi connectivity index (χ1) is 10.6. The van der Waals surface area contributed by atoms with Crippen LogP contribution in [0.25, 0.3) is 0 Å². The molecule has 3 rings (SSSR count). The van der Waals surface area contributed by atoms with Gasteiger partial charge in [-0.3, -0.25) is 9.48 Å². The van der Waals surface area contributed by atoms with Gasteiger partial charge in [-0.25, -0.2) is 9.67 Å². The molecule has 2 aromatic rings. The Labute approximate surface area is 129 Å². The van der Waals surface area contributed by atoms with Crippen LogP contribution in [-0.2, 0) is 6.54 Å². The van der Waals surface area contributed by atoms with Crippen molar-refractivity contribution in [3.05, 3.63) is 29.6 Å². The molecule has 0 radical (unpaired) electrons. The molecule has 0 spiro atoms. The van der Waals surface area contributed by atoms with Crippen LogP contribution >= 0.6 is 0 Å². The van der Waals surface area contributed by atoms with E-state index in [2.05, 4.69) is 15.2 Å². The molecule has 0 saturated carbocycles. The second-order valence-corrected chi connectivity index (χ2v) is 5.78. The fourth-order valence-corrected chi connectivity index (χ4v) is 3.23. The normalized spacial score (nSPS) is 18.7. The van der Waals surface area contributed by atoms with E-state index in [1.54, 1.807) is 12.7 Å². The van der Waals surface area contributed by atoms with Gasteiger partial charge in [-0.05, 0) is 33.6 Å². The zero-order valence-corrected chi connectivity index (χ0v) is 13.4. The maximum Gasteiger partial charge on any atom is 0.257 e. The van der Waals surface area contributed by atoms with Gasteiger partial charge < -0.3 is 4.90 Å². The van der Waals surface area contributed by atoms with Crippen LogP contribution in [0.3, 0.4) is 0 Å². The molecule has 1 amide bonds. The highest BCUT2D eigenvalue weighted by molar-refractivity contribution is 5.96. The molecule has 7 heteroatoms. The second-order valence-electron chi connectivity index (χ2n) is 5.78. The van der Waals surface area contributed by atoms with Crippen LogP contribution < -0.4 is 0 Å². The van der Waals surface area contributed by atoms with Gasteiger partial charge in [-0.15, -0.1) is 0 Å². The predicted molar refractivity (Wildman–Crippen MR) is 81.6 cm³/mol. The quantitative estimate of drug-likeness (QED) is 0.863. The number of amides is 1. The molecule has 1 unspecified atom stereocenters. The van der Waals surface area contributed by atoms with Crippen LogP contribution in [0.1, 0.15) is 47.6 Å². The van der Waals surface area contributed by atoms with E-state index in [1.165, 1.54) is 0 Å². The highest BCUT2D eigenvalue weighted by Crippen LogP contribution is 2.24. The summed E-state index contributed by atoms with van der Waals surface area (Å²) in [7, 11) is 0. The lowest BCUT2D eigenvalue weighted by Crippen LogP contribution is -2.41. The molecular weight excluding hydrogens is 280 g/mol.